The zero-order valence-electron chi connectivity index (χ0n) is 5.14. The molecular formula is C7H8Cl2. The van der Waals surface area contributed by atoms with Crippen molar-refractivity contribution >= 4 is 23.2 Å². The molecule has 0 aromatic heterocycles. The zero-order chi connectivity index (χ0) is 7.11. The lowest BCUT2D eigenvalue weighted by Crippen LogP contribution is -1.55. The summed E-state index contributed by atoms with van der Waals surface area (Å²) in [6.45, 7) is 1.93. The number of rotatable bonds is 2. The Balaban J connectivity index is 3.71. The molecule has 0 spiro atoms. The van der Waals surface area contributed by atoms with E-state index in [0.29, 0.717) is 5.03 Å². The smallest absolute Gasteiger partial charge is 0.0518 e. The molecule has 0 aliphatic carbocycles. The lowest BCUT2D eigenvalue weighted by atomic mass is 10.4. The SMILES string of the molecule is C\C=C/C=C\C(Cl)=C\Cl. The fraction of sp³-hybridized carbons (Fsp3) is 0.143. The van der Waals surface area contributed by atoms with Gasteiger partial charge >= 0.3 is 0 Å². The molecule has 0 N–H and O–H groups in total. The molecule has 0 saturated carbocycles. The van der Waals surface area contributed by atoms with Crippen LogP contribution in [-0.2, 0) is 0 Å². The summed E-state index contributed by atoms with van der Waals surface area (Å²) in [5, 5.41) is 0.537. The second-order valence-electron chi connectivity index (χ2n) is 1.38. The molecule has 0 aliphatic rings. The van der Waals surface area contributed by atoms with Gasteiger partial charge in [-0.25, -0.2) is 0 Å². The molecule has 2 heteroatoms. The summed E-state index contributed by atoms with van der Waals surface area (Å²) in [5.41, 5.74) is 1.32. The van der Waals surface area contributed by atoms with E-state index in [1.165, 1.54) is 5.54 Å². The number of halogens is 2. The summed E-state index contributed by atoms with van der Waals surface area (Å²) >= 11 is 10.8. The van der Waals surface area contributed by atoms with Gasteiger partial charge in [0, 0.05) is 5.54 Å². The molecular weight excluding hydrogens is 155 g/mol. The molecule has 0 aliphatic heterocycles. The first kappa shape index (κ1) is 8.80. The van der Waals surface area contributed by atoms with E-state index in [0.717, 1.165) is 0 Å². The van der Waals surface area contributed by atoms with Gasteiger partial charge in [0.05, 0.1) is 5.03 Å². The van der Waals surface area contributed by atoms with Crippen LogP contribution in [-0.4, -0.2) is 0 Å². The van der Waals surface area contributed by atoms with Crippen molar-refractivity contribution < 1.29 is 0 Å². The third-order valence-electron chi connectivity index (χ3n) is 0.663. The van der Waals surface area contributed by atoms with Crippen LogP contribution in [0.15, 0.2) is 34.9 Å². The molecule has 9 heavy (non-hydrogen) atoms. The largest absolute Gasteiger partial charge is 0.0913 e. The minimum Gasteiger partial charge on any atom is -0.0913 e. The van der Waals surface area contributed by atoms with Crippen molar-refractivity contribution in [2.75, 3.05) is 0 Å². The van der Waals surface area contributed by atoms with Crippen LogP contribution < -0.4 is 0 Å². The number of allylic oxidation sites excluding steroid dienone is 5. The van der Waals surface area contributed by atoms with Crippen molar-refractivity contribution in [2.45, 2.75) is 6.92 Å². The summed E-state index contributed by atoms with van der Waals surface area (Å²) in [4.78, 5) is 0. The van der Waals surface area contributed by atoms with Gasteiger partial charge in [-0.15, -0.1) is 0 Å². The Morgan fingerprint density at radius 1 is 1.33 bits per heavy atom. The molecule has 0 aromatic carbocycles. The highest BCUT2D eigenvalue weighted by atomic mass is 35.5. The topological polar surface area (TPSA) is 0 Å². The van der Waals surface area contributed by atoms with Gasteiger partial charge in [0.1, 0.15) is 0 Å². The Morgan fingerprint density at radius 2 is 2.00 bits per heavy atom. The number of hydrogen-bond acceptors (Lipinski definition) is 0. The Kier molecular flexibility index (Phi) is 5.80. The average Bonchev–Trinajstić information content (AvgIpc) is 1.89. The minimum atomic E-state index is 0.537. The second-order valence-corrected chi connectivity index (χ2v) is 2.03. The van der Waals surface area contributed by atoms with Gasteiger partial charge < -0.3 is 0 Å². The predicted octanol–water partition coefficient (Wildman–Crippen LogP) is 3.44. The molecule has 0 heterocycles. The van der Waals surface area contributed by atoms with Gasteiger partial charge in [-0.2, -0.15) is 0 Å². The normalized spacial score (nSPS) is 13.9. The molecule has 0 amide bonds. The first-order valence-electron chi connectivity index (χ1n) is 2.56. The van der Waals surface area contributed by atoms with Crippen molar-refractivity contribution in [2.24, 2.45) is 0 Å². The van der Waals surface area contributed by atoms with Gasteiger partial charge in [-0.05, 0) is 13.0 Å². The third kappa shape index (κ3) is 5.67. The fourth-order valence-electron chi connectivity index (χ4n) is 0.295. The van der Waals surface area contributed by atoms with Crippen LogP contribution in [0.5, 0.6) is 0 Å². The Hall–Kier alpha value is -0.200. The van der Waals surface area contributed by atoms with Crippen LogP contribution in [0.1, 0.15) is 6.92 Å². The van der Waals surface area contributed by atoms with E-state index < -0.39 is 0 Å². The minimum absolute atomic E-state index is 0.537. The van der Waals surface area contributed by atoms with Crippen LogP contribution in [0.25, 0.3) is 0 Å². The predicted molar refractivity (Wildman–Crippen MR) is 43.7 cm³/mol. The molecule has 0 fully saturated rings. The lowest BCUT2D eigenvalue weighted by Gasteiger charge is -1.78. The van der Waals surface area contributed by atoms with Gasteiger partial charge in [-0.1, -0.05) is 41.4 Å². The third-order valence-corrected chi connectivity index (χ3v) is 1.25. The quantitative estimate of drug-likeness (QED) is 0.547. The van der Waals surface area contributed by atoms with Gasteiger partial charge in [0.2, 0.25) is 0 Å². The highest BCUT2D eigenvalue weighted by Crippen LogP contribution is 2.03. The van der Waals surface area contributed by atoms with E-state index in [4.69, 9.17) is 23.2 Å². The standard InChI is InChI=1S/C7H8Cl2/c1-2-3-4-5-7(9)6-8/h2-6H,1H3/b3-2-,5-4-,7-6-. The van der Waals surface area contributed by atoms with Crippen LogP contribution in [0.2, 0.25) is 0 Å². The van der Waals surface area contributed by atoms with Gasteiger partial charge in [0.25, 0.3) is 0 Å². The van der Waals surface area contributed by atoms with E-state index in [-0.39, 0.29) is 0 Å². The van der Waals surface area contributed by atoms with Crippen LogP contribution >= 0.6 is 23.2 Å². The van der Waals surface area contributed by atoms with E-state index in [9.17, 15) is 0 Å². The Labute approximate surface area is 65.5 Å². The van der Waals surface area contributed by atoms with Gasteiger partial charge in [0.15, 0.2) is 0 Å². The highest BCUT2D eigenvalue weighted by Gasteiger charge is 1.76. The summed E-state index contributed by atoms with van der Waals surface area (Å²) in [6, 6.07) is 0. The molecule has 0 atom stereocenters. The molecule has 0 bridgehead atoms. The maximum Gasteiger partial charge on any atom is 0.0518 e. The zero-order valence-corrected chi connectivity index (χ0v) is 6.65. The Morgan fingerprint density at radius 3 is 2.44 bits per heavy atom. The van der Waals surface area contributed by atoms with Crippen LogP contribution in [0, 0.1) is 0 Å². The molecule has 0 rings (SSSR count). The second kappa shape index (κ2) is 5.93. The first-order chi connectivity index (χ1) is 4.31. The summed E-state index contributed by atoms with van der Waals surface area (Å²) < 4.78 is 0. The summed E-state index contributed by atoms with van der Waals surface area (Å²) in [5.74, 6) is 0. The van der Waals surface area contributed by atoms with Crippen molar-refractivity contribution in [1.29, 1.82) is 0 Å². The van der Waals surface area contributed by atoms with E-state index in [2.05, 4.69) is 0 Å². The van der Waals surface area contributed by atoms with Crippen LogP contribution in [0.4, 0.5) is 0 Å². The molecule has 0 nitrogen and oxygen atoms in total. The van der Waals surface area contributed by atoms with Crippen molar-refractivity contribution in [3.8, 4) is 0 Å². The highest BCUT2D eigenvalue weighted by molar-refractivity contribution is 6.37. The van der Waals surface area contributed by atoms with Crippen LogP contribution in [0.3, 0.4) is 0 Å². The first-order valence-corrected chi connectivity index (χ1v) is 3.38. The maximum absolute atomic E-state index is 5.51. The molecule has 50 valence electrons. The average molecular weight is 163 g/mol. The molecule has 0 radical (unpaired) electrons. The Bertz CT molecular complexity index is 143. The summed E-state index contributed by atoms with van der Waals surface area (Å²) in [6.07, 6.45) is 7.33. The van der Waals surface area contributed by atoms with Crippen molar-refractivity contribution in [3.05, 3.63) is 34.9 Å². The molecule has 0 unspecified atom stereocenters. The van der Waals surface area contributed by atoms with Crippen molar-refractivity contribution in [3.63, 3.8) is 0 Å². The van der Waals surface area contributed by atoms with E-state index >= 15 is 0 Å². The summed E-state index contributed by atoms with van der Waals surface area (Å²) in [7, 11) is 0. The fourth-order valence-corrected chi connectivity index (χ4v) is 0.440. The lowest BCUT2D eigenvalue weighted by molar-refractivity contribution is 1.73. The van der Waals surface area contributed by atoms with Gasteiger partial charge in [-0.3, -0.25) is 0 Å². The van der Waals surface area contributed by atoms with E-state index in [1.807, 2.05) is 25.2 Å². The maximum atomic E-state index is 5.51. The van der Waals surface area contributed by atoms with Crippen molar-refractivity contribution in [1.82, 2.24) is 0 Å². The monoisotopic (exact) mass is 162 g/mol. The van der Waals surface area contributed by atoms with E-state index in [1.54, 1.807) is 6.08 Å². The molecule has 0 aromatic rings. The molecule has 0 saturated heterocycles. The number of hydrogen-bond donors (Lipinski definition) is 0.